The maximum absolute atomic E-state index is 13.3. The summed E-state index contributed by atoms with van der Waals surface area (Å²) in [6.45, 7) is 4.62. The highest BCUT2D eigenvalue weighted by atomic mass is 16.5. The van der Waals surface area contributed by atoms with Gasteiger partial charge in [-0.05, 0) is 66.4 Å². The van der Waals surface area contributed by atoms with E-state index in [-0.39, 0.29) is 17.9 Å². The van der Waals surface area contributed by atoms with Gasteiger partial charge in [-0.3, -0.25) is 14.6 Å². The summed E-state index contributed by atoms with van der Waals surface area (Å²) in [5.41, 5.74) is 2.74. The van der Waals surface area contributed by atoms with Gasteiger partial charge >= 0.3 is 0 Å². The maximum atomic E-state index is 13.3. The number of hydrogen-bond donors (Lipinski definition) is 1. The van der Waals surface area contributed by atoms with Crippen LogP contribution in [0, 0.1) is 6.92 Å². The fourth-order valence-electron chi connectivity index (χ4n) is 4.22. The monoisotopic (exact) mass is 472 g/mol. The molecule has 1 aromatic heterocycles. The predicted molar refractivity (Wildman–Crippen MR) is 132 cm³/mol. The molecule has 1 saturated heterocycles. The highest BCUT2D eigenvalue weighted by Crippen LogP contribution is 2.41. The molecule has 1 fully saturated rings. The molecule has 7 nitrogen and oxygen atoms in total. The first-order valence-electron chi connectivity index (χ1n) is 11.5. The third-order valence-electron chi connectivity index (χ3n) is 5.97. The number of methoxy groups -OCH3 is 1. The molecule has 35 heavy (non-hydrogen) atoms. The molecule has 1 atom stereocenters. The number of ketones is 1. The summed E-state index contributed by atoms with van der Waals surface area (Å²) in [5, 5.41) is 11.4. The summed E-state index contributed by atoms with van der Waals surface area (Å²) in [6, 6.07) is 15.3. The Bertz CT molecular complexity index is 1250. The van der Waals surface area contributed by atoms with Crippen molar-refractivity contribution in [2.75, 3.05) is 13.7 Å². The Hall–Kier alpha value is -4.13. The number of amides is 1. The van der Waals surface area contributed by atoms with Crippen LogP contribution in [0.1, 0.15) is 41.6 Å². The minimum absolute atomic E-state index is 0.0504. The van der Waals surface area contributed by atoms with E-state index in [2.05, 4.69) is 4.98 Å². The van der Waals surface area contributed by atoms with E-state index >= 15 is 0 Å². The lowest BCUT2D eigenvalue weighted by molar-refractivity contribution is -0.140. The topological polar surface area (TPSA) is 89.0 Å². The molecule has 1 amide bonds. The first-order valence-corrected chi connectivity index (χ1v) is 11.5. The fourth-order valence-corrected chi connectivity index (χ4v) is 4.22. The molecular formula is C28H28N2O5. The van der Waals surface area contributed by atoms with Crippen molar-refractivity contribution in [3.05, 3.63) is 94.8 Å². The van der Waals surface area contributed by atoms with E-state index in [4.69, 9.17) is 9.47 Å². The third kappa shape index (κ3) is 4.89. The lowest BCUT2D eigenvalue weighted by Gasteiger charge is -2.25. The van der Waals surface area contributed by atoms with Crippen LogP contribution >= 0.6 is 0 Å². The molecule has 1 aliphatic rings. The van der Waals surface area contributed by atoms with Gasteiger partial charge in [0.25, 0.3) is 11.7 Å². The Morgan fingerprint density at radius 3 is 2.46 bits per heavy atom. The molecular weight excluding hydrogens is 444 g/mol. The van der Waals surface area contributed by atoms with Crippen molar-refractivity contribution in [3.63, 3.8) is 0 Å². The number of ether oxygens (including phenoxy) is 2. The number of carbonyl (C=O) groups is 2. The third-order valence-corrected chi connectivity index (χ3v) is 5.97. The van der Waals surface area contributed by atoms with Gasteiger partial charge in [-0.1, -0.05) is 25.1 Å². The summed E-state index contributed by atoms with van der Waals surface area (Å²) in [5.74, 6) is -0.270. The molecule has 0 radical (unpaired) electrons. The number of aromatic nitrogens is 1. The summed E-state index contributed by atoms with van der Waals surface area (Å²) < 4.78 is 11.0. The molecule has 1 N–H and O–H groups in total. The maximum Gasteiger partial charge on any atom is 0.295 e. The number of Topliss-reactive ketones (excluding diaryl/α,β-unsaturated/α-hetero) is 1. The first-order chi connectivity index (χ1) is 16.9. The van der Waals surface area contributed by atoms with Crippen molar-refractivity contribution in [3.8, 4) is 11.5 Å². The van der Waals surface area contributed by atoms with Crippen LogP contribution in [0.25, 0.3) is 5.76 Å². The second kappa shape index (κ2) is 10.4. The van der Waals surface area contributed by atoms with Crippen LogP contribution in [-0.4, -0.2) is 40.4 Å². The zero-order valence-corrected chi connectivity index (χ0v) is 20.0. The number of aliphatic hydroxyl groups is 1. The van der Waals surface area contributed by atoms with Crippen molar-refractivity contribution in [1.82, 2.24) is 9.88 Å². The standard InChI is InChI=1S/C28H28N2O5/c1-4-14-35-22-11-12-23(18(2)15-22)26(31)24-25(20-7-9-21(34-3)10-8-20)30(28(33)27(24)32)17-19-6-5-13-29-16-19/h5-13,15-16,25,31H,4,14,17H2,1-3H3/t25-/m1/s1. The molecule has 2 aromatic carbocycles. The minimum atomic E-state index is -0.767. The van der Waals surface area contributed by atoms with Crippen LogP contribution in [0.4, 0.5) is 0 Å². The number of aryl methyl sites for hydroxylation is 1. The van der Waals surface area contributed by atoms with Gasteiger partial charge in [-0.15, -0.1) is 0 Å². The van der Waals surface area contributed by atoms with Crippen molar-refractivity contribution in [2.45, 2.75) is 32.9 Å². The molecule has 3 aromatic rings. The number of likely N-dealkylation sites (tertiary alicyclic amines) is 1. The number of nitrogens with zero attached hydrogens (tertiary/aromatic N) is 2. The number of carbonyl (C=O) groups excluding carboxylic acids is 2. The molecule has 2 heterocycles. The van der Waals surface area contributed by atoms with E-state index < -0.39 is 17.7 Å². The Balaban J connectivity index is 1.82. The van der Waals surface area contributed by atoms with Crippen molar-refractivity contribution >= 4 is 17.4 Å². The van der Waals surface area contributed by atoms with Gasteiger partial charge in [-0.2, -0.15) is 0 Å². The SMILES string of the molecule is CCCOc1ccc(C(O)=C2C(=O)C(=O)N(Cc3cccnc3)[C@@H]2c2ccc(OC)cc2)c(C)c1. The predicted octanol–water partition coefficient (Wildman–Crippen LogP) is 4.81. The van der Waals surface area contributed by atoms with Gasteiger partial charge in [0.05, 0.1) is 25.3 Å². The number of pyridine rings is 1. The smallest absolute Gasteiger partial charge is 0.295 e. The van der Waals surface area contributed by atoms with E-state index in [1.54, 1.807) is 62.0 Å². The highest BCUT2D eigenvalue weighted by Gasteiger charge is 2.46. The van der Waals surface area contributed by atoms with Crippen LogP contribution in [0.5, 0.6) is 11.5 Å². The van der Waals surface area contributed by atoms with Gasteiger partial charge in [0.2, 0.25) is 0 Å². The van der Waals surface area contributed by atoms with Crippen LogP contribution < -0.4 is 9.47 Å². The molecule has 0 unspecified atom stereocenters. The number of benzene rings is 2. The van der Waals surface area contributed by atoms with Crippen molar-refractivity contribution < 1.29 is 24.2 Å². The Morgan fingerprint density at radius 2 is 1.83 bits per heavy atom. The zero-order chi connectivity index (χ0) is 24.9. The van der Waals surface area contributed by atoms with Crippen LogP contribution in [0.3, 0.4) is 0 Å². The van der Waals surface area contributed by atoms with Crippen LogP contribution in [-0.2, 0) is 16.1 Å². The second-order valence-corrected chi connectivity index (χ2v) is 8.39. The molecule has 0 aliphatic carbocycles. The molecule has 7 heteroatoms. The largest absolute Gasteiger partial charge is 0.507 e. The molecule has 4 rings (SSSR count). The molecule has 0 bridgehead atoms. The molecule has 180 valence electrons. The molecule has 0 spiro atoms. The van der Waals surface area contributed by atoms with E-state index in [1.807, 2.05) is 26.0 Å². The zero-order valence-electron chi connectivity index (χ0n) is 20.0. The summed E-state index contributed by atoms with van der Waals surface area (Å²) >= 11 is 0. The normalized spacial score (nSPS) is 17.0. The number of rotatable bonds is 8. The average molecular weight is 473 g/mol. The second-order valence-electron chi connectivity index (χ2n) is 8.39. The molecule has 0 saturated carbocycles. The van der Waals surface area contributed by atoms with E-state index in [0.29, 0.717) is 29.2 Å². The summed E-state index contributed by atoms with van der Waals surface area (Å²) in [4.78, 5) is 32.1. The minimum Gasteiger partial charge on any atom is -0.507 e. The van der Waals surface area contributed by atoms with Crippen LogP contribution in [0.2, 0.25) is 0 Å². The van der Waals surface area contributed by atoms with E-state index in [0.717, 1.165) is 17.5 Å². The van der Waals surface area contributed by atoms with Gasteiger partial charge in [0.1, 0.15) is 17.3 Å². The fraction of sp³-hybridized carbons (Fsp3) is 0.250. The Labute approximate surface area is 204 Å². The lowest BCUT2D eigenvalue weighted by Crippen LogP contribution is -2.29. The Morgan fingerprint density at radius 1 is 1.09 bits per heavy atom. The van der Waals surface area contributed by atoms with Crippen molar-refractivity contribution in [2.24, 2.45) is 0 Å². The van der Waals surface area contributed by atoms with Gasteiger partial charge in [0, 0.05) is 24.5 Å². The quantitative estimate of drug-likeness (QED) is 0.288. The first kappa shape index (κ1) is 24.0. The van der Waals surface area contributed by atoms with E-state index in [9.17, 15) is 14.7 Å². The summed E-state index contributed by atoms with van der Waals surface area (Å²) in [7, 11) is 1.57. The average Bonchev–Trinajstić information content (AvgIpc) is 3.12. The van der Waals surface area contributed by atoms with Gasteiger partial charge < -0.3 is 19.5 Å². The van der Waals surface area contributed by atoms with Crippen molar-refractivity contribution in [1.29, 1.82) is 0 Å². The molecule has 1 aliphatic heterocycles. The lowest BCUT2D eigenvalue weighted by atomic mass is 9.93. The van der Waals surface area contributed by atoms with Gasteiger partial charge in [-0.25, -0.2) is 0 Å². The van der Waals surface area contributed by atoms with Crippen LogP contribution in [0.15, 0.2) is 72.6 Å². The summed E-state index contributed by atoms with van der Waals surface area (Å²) in [6.07, 6.45) is 4.18. The highest BCUT2D eigenvalue weighted by molar-refractivity contribution is 6.46. The number of aliphatic hydroxyl groups excluding tert-OH is 1. The van der Waals surface area contributed by atoms with E-state index in [1.165, 1.54) is 4.90 Å². The van der Waals surface area contributed by atoms with Gasteiger partial charge in [0.15, 0.2) is 0 Å². The Kier molecular flexibility index (Phi) is 7.15. The number of hydrogen-bond acceptors (Lipinski definition) is 6.